The fraction of sp³-hybridized carbons (Fsp3) is 0.0323. The van der Waals surface area contributed by atoms with Crippen LogP contribution in [0.15, 0.2) is 115 Å². The number of para-hydroxylation sites is 1. The molecule has 1 heteroatoms. The molecule has 0 aliphatic heterocycles. The molecule has 0 atom stereocenters. The number of rotatable bonds is 2. The van der Waals surface area contributed by atoms with E-state index in [1.165, 1.54) is 60.9 Å². The zero-order valence-corrected chi connectivity index (χ0v) is 17.6. The molecule has 0 N–H and O–H groups in total. The highest BCUT2D eigenvalue weighted by Crippen LogP contribution is 2.42. The van der Waals surface area contributed by atoms with Gasteiger partial charge in [0.25, 0.3) is 0 Å². The van der Waals surface area contributed by atoms with Crippen LogP contribution < -0.4 is 0 Å². The molecule has 1 aromatic heterocycles. The summed E-state index contributed by atoms with van der Waals surface area (Å²) >= 11 is 0. The van der Waals surface area contributed by atoms with Crippen LogP contribution >= 0.6 is 0 Å². The Morgan fingerprint density at radius 2 is 1.25 bits per heavy atom. The van der Waals surface area contributed by atoms with E-state index in [2.05, 4.69) is 120 Å². The van der Waals surface area contributed by atoms with Crippen LogP contribution in [0.25, 0.3) is 49.7 Å². The van der Waals surface area contributed by atoms with E-state index >= 15 is 0 Å². The Kier molecular flexibility index (Phi) is 3.68. The second-order valence-electron chi connectivity index (χ2n) is 8.59. The molecule has 0 radical (unpaired) electrons. The van der Waals surface area contributed by atoms with Crippen molar-refractivity contribution in [2.45, 2.75) is 6.42 Å². The fourth-order valence-electron chi connectivity index (χ4n) is 5.39. The molecular formula is C31H21N. The van der Waals surface area contributed by atoms with E-state index < -0.39 is 0 Å². The van der Waals surface area contributed by atoms with Gasteiger partial charge in [0.1, 0.15) is 0 Å². The molecule has 1 nitrogen and oxygen atoms in total. The van der Waals surface area contributed by atoms with Gasteiger partial charge in [-0.2, -0.15) is 0 Å². The van der Waals surface area contributed by atoms with E-state index in [1.54, 1.807) is 0 Å². The Labute approximate surface area is 187 Å². The lowest BCUT2D eigenvalue weighted by Gasteiger charge is -2.13. The third-order valence-electron chi connectivity index (χ3n) is 6.85. The Morgan fingerprint density at radius 1 is 0.500 bits per heavy atom. The third-order valence-corrected chi connectivity index (χ3v) is 6.85. The van der Waals surface area contributed by atoms with Crippen LogP contribution in [0.5, 0.6) is 0 Å². The molecule has 0 bridgehead atoms. The van der Waals surface area contributed by atoms with Gasteiger partial charge in [0.05, 0.1) is 16.7 Å². The second-order valence-corrected chi connectivity index (χ2v) is 8.59. The summed E-state index contributed by atoms with van der Waals surface area (Å²) in [5, 5.41) is 2.60. The van der Waals surface area contributed by atoms with Crippen LogP contribution in [0, 0.1) is 0 Å². The van der Waals surface area contributed by atoms with Crippen molar-refractivity contribution < 1.29 is 0 Å². The molecule has 0 amide bonds. The molecule has 150 valence electrons. The minimum atomic E-state index is 0.984. The molecule has 0 saturated heterocycles. The van der Waals surface area contributed by atoms with Gasteiger partial charge in [0.2, 0.25) is 0 Å². The van der Waals surface area contributed by atoms with Crippen LogP contribution in [-0.2, 0) is 6.42 Å². The molecule has 7 rings (SSSR count). The van der Waals surface area contributed by atoms with Crippen LogP contribution in [0.2, 0.25) is 0 Å². The minimum absolute atomic E-state index is 0.984. The SMILES string of the molecule is c1ccc(-c2ccc3c(c2)c2ccccc2n3-c2cccc3c2Cc2ccccc2-3)cc1. The Balaban J connectivity index is 1.53. The first-order chi connectivity index (χ1) is 15.9. The summed E-state index contributed by atoms with van der Waals surface area (Å²) in [6, 6.07) is 41.9. The van der Waals surface area contributed by atoms with Crippen molar-refractivity contribution in [3.63, 3.8) is 0 Å². The van der Waals surface area contributed by atoms with Crippen LogP contribution in [0.1, 0.15) is 11.1 Å². The standard InChI is InChI=1S/C31H21N/c1-2-9-21(10-3-1)22-17-18-31-28(19-22)26-13-6-7-15-29(26)32(31)30-16-8-14-25-24-12-5-4-11-23(24)20-27(25)30/h1-19H,20H2. The number of hydrogen-bond donors (Lipinski definition) is 0. The quantitative estimate of drug-likeness (QED) is 0.273. The summed E-state index contributed by atoms with van der Waals surface area (Å²) in [4.78, 5) is 0. The zero-order valence-electron chi connectivity index (χ0n) is 17.6. The maximum atomic E-state index is 2.46. The number of hydrogen-bond acceptors (Lipinski definition) is 0. The van der Waals surface area contributed by atoms with Gasteiger partial charge in [0, 0.05) is 17.2 Å². The molecule has 0 fully saturated rings. The van der Waals surface area contributed by atoms with E-state index in [4.69, 9.17) is 0 Å². The van der Waals surface area contributed by atoms with Gasteiger partial charge in [-0.15, -0.1) is 0 Å². The normalized spacial score (nSPS) is 12.2. The Bertz CT molecular complexity index is 1640. The van der Waals surface area contributed by atoms with Crippen molar-refractivity contribution in [1.82, 2.24) is 4.57 Å². The molecule has 0 saturated carbocycles. The number of aromatic nitrogens is 1. The highest BCUT2D eigenvalue weighted by molar-refractivity contribution is 6.10. The predicted molar refractivity (Wildman–Crippen MR) is 134 cm³/mol. The van der Waals surface area contributed by atoms with Crippen molar-refractivity contribution >= 4 is 21.8 Å². The largest absolute Gasteiger partial charge is 0.309 e. The zero-order chi connectivity index (χ0) is 21.1. The average molecular weight is 408 g/mol. The first-order valence-corrected chi connectivity index (χ1v) is 11.2. The first-order valence-electron chi connectivity index (χ1n) is 11.2. The molecule has 0 unspecified atom stereocenters. The van der Waals surface area contributed by atoms with Crippen LogP contribution in [-0.4, -0.2) is 4.57 Å². The number of fused-ring (bicyclic) bond motifs is 6. The minimum Gasteiger partial charge on any atom is -0.309 e. The van der Waals surface area contributed by atoms with E-state index in [1.807, 2.05) is 0 Å². The summed E-state index contributed by atoms with van der Waals surface area (Å²) in [5.74, 6) is 0. The van der Waals surface area contributed by atoms with E-state index in [9.17, 15) is 0 Å². The lowest BCUT2D eigenvalue weighted by atomic mass is 10.0. The van der Waals surface area contributed by atoms with Gasteiger partial charge in [0.15, 0.2) is 0 Å². The lowest BCUT2D eigenvalue weighted by molar-refractivity contribution is 1.12. The fourth-order valence-corrected chi connectivity index (χ4v) is 5.39. The Hall–Kier alpha value is -4.10. The molecular weight excluding hydrogens is 386 g/mol. The molecule has 5 aromatic carbocycles. The molecule has 6 aromatic rings. The van der Waals surface area contributed by atoms with Gasteiger partial charge in [-0.25, -0.2) is 0 Å². The van der Waals surface area contributed by atoms with Crippen LogP contribution in [0.4, 0.5) is 0 Å². The van der Waals surface area contributed by atoms with Crippen molar-refractivity contribution in [3.05, 3.63) is 126 Å². The van der Waals surface area contributed by atoms with E-state index in [0.29, 0.717) is 0 Å². The maximum Gasteiger partial charge on any atom is 0.0541 e. The van der Waals surface area contributed by atoms with Crippen molar-refractivity contribution in [2.24, 2.45) is 0 Å². The Morgan fingerprint density at radius 3 is 2.19 bits per heavy atom. The van der Waals surface area contributed by atoms with Gasteiger partial charge in [-0.3, -0.25) is 0 Å². The van der Waals surface area contributed by atoms with Gasteiger partial charge in [-0.05, 0) is 57.6 Å². The summed E-state index contributed by atoms with van der Waals surface area (Å²) in [7, 11) is 0. The summed E-state index contributed by atoms with van der Waals surface area (Å²) in [6.45, 7) is 0. The van der Waals surface area contributed by atoms with Gasteiger partial charge in [-0.1, -0.05) is 91.0 Å². The summed E-state index contributed by atoms with van der Waals surface area (Å²) in [6.07, 6.45) is 0.984. The average Bonchev–Trinajstić information content (AvgIpc) is 3.40. The molecule has 0 spiro atoms. The summed E-state index contributed by atoms with van der Waals surface area (Å²) < 4.78 is 2.46. The van der Waals surface area contributed by atoms with Crippen molar-refractivity contribution in [1.29, 1.82) is 0 Å². The molecule has 32 heavy (non-hydrogen) atoms. The maximum absolute atomic E-state index is 2.46. The van der Waals surface area contributed by atoms with Gasteiger partial charge >= 0.3 is 0 Å². The monoisotopic (exact) mass is 407 g/mol. The molecule has 1 aliphatic carbocycles. The molecule has 1 aliphatic rings. The van der Waals surface area contributed by atoms with Crippen molar-refractivity contribution in [2.75, 3.05) is 0 Å². The highest BCUT2D eigenvalue weighted by atomic mass is 15.0. The van der Waals surface area contributed by atoms with Crippen LogP contribution in [0.3, 0.4) is 0 Å². The predicted octanol–water partition coefficient (Wildman–Crippen LogP) is 8.02. The number of benzene rings is 5. The van der Waals surface area contributed by atoms with Gasteiger partial charge < -0.3 is 4.57 Å². The number of nitrogens with zero attached hydrogens (tertiary/aromatic N) is 1. The summed E-state index contributed by atoms with van der Waals surface area (Å²) in [5.41, 5.74) is 11.9. The topological polar surface area (TPSA) is 4.93 Å². The first kappa shape index (κ1) is 17.6. The smallest absolute Gasteiger partial charge is 0.0541 e. The third kappa shape index (κ3) is 2.45. The van der Waals surface area contributed by atoms with E-state index in [0.717, 1.165) is 6.42 Å². The van der Waals surface area contributed by atoms with E-state index in [-0.39, 0.29) is 0 Å². The second kappa shape index (κ2) is 6.70. The lowest BCUT2D eigenvalue weighted by Crippen LogP contribution is -1.99. The highest BCUT2D eigenvalue weighted by Gasteiger charge is 2.23. The van der Waals surface area contributed by atoms with Crippen molar-refractivity contribution in [3.8, 4) is 27.9 Å². The molecule has 1 heterocycles.